The van der Waals surface area contributed by atoms with Crippen molar-refractivity contribution in [3.05, 3.63) is 0 Å². The zero-order valence-corrected chi connectivity index (χ0v) is 6.58. The Morgan fingerprint density at radius 2 is 2.50 bits per heavy atom. The Labute approximate surface area is 62.6 Å². The highest BCUT2D eigenvalue weighted by Gasteiger charge is 2.17. The fourth-order valence-electron chi connectivity index (χ4n) is 1.37. The number of hydrogen-bond acceptors (Lipinski definition) is 1. The van der Waals surface area contributed by atoms with Gasteiger partial charge in [-0.15, -0.1) is 0 Å². The zero-order chi connectivity index (χ0) is 7.40. The van der Waals surface area contributed by atoms with Crippen molar-refractivity contribution in [3.8, 4) is 0 Å². The molecule has 0 aromatic carbocycles. The van der Waals surface area contributed by atoms with Crippen molar-refractivity contribution >= 4 is 0 Å². The first-order chi connectivity index (χ1) is 4.83. The molecule has 2 nitrogen and oxygen atoms in total. The molecule has 0 aromatic heterocycles. The molecule has 10 heavy (non-hydrogen) atoms. The minimum atomic E-state index is -0.119. The molecule has 1 rings (SSSR count). The number of aliphatic hydroxyl groups is 1. The van der Waals surface area contributed by atoms with Crippen molar-refractivity contribution in [3.63, 3.8) is 0 Å². The van der Waals surface area contributed by atoms with E-state index in [0.717, 1.165) is 19.4 Å². The van der Waals surface area contributed by atoms with Gasteiger partial charge in [-0.2, -0.15) is 0 Å². The summed E-state index contributed by atoms with van der Waals surface area (Å²) in [7, 11) is 0. The summed E-state index contributed by atoms with van der Waals surface area (Å²) in [5.74, 6) is 0. The van der Waals surface area contributed by atoms with Crippen LogP contribution in [0.15, 0.2) is 0 Å². The van der Waals surface area contributed by atoms with Gasteiger partial charge in [0.1, 0.15) is 0 Å². The minimum absolute atomic E-state index is 0.119. The fraction of sp³-hybridized carbons (Fsp3) is 1.00. The van der Waals surface area contributed by atoms with Gasteiger partial charge < -0.3 is 5.11 Å². The third-order valence-corrected chi connectivity index (χ3v) is 2.10. The Kier molecular flexibility index (Phi) is 3.16. The Balaban J connectivity index is 2.11. The summed E-state index contributed by atoms with van der Waals surface area (Å²) >= 11 is 0. The number of hydrogen-bond donors (Lipinski definition) is 1. The van der Waals surface area contributed by atoms with Crippen LogP contribution in [-0.4, -0.2) is 23.8 Å². The molecule has 1 radical (unpaired) electrons. The van der Waals surface area contributed by atoms with Gasteiger partial charge in [-0.25, -0.2) is 5.32 Å². The van der Waals surface area contributed by atoms with E-state index < -0.39 is 0 Å². The van der Waals surface area contributed by atoms with Crippen LogP contribution in [0, 0.1) is 0 Å². The maximum atomic E-state index is 9.26. The molecule has 0 aromatic rings. The Hall–Kier alpha value is -0.0800. The van der Waals surface area contributed by atoms with Crippen LogP contribution in [-0.2, 0) is 0 Å². The van der Waals surface area contributed by atoms with E-state index in [0.29, 0.717) is 6.04 Å². The van der Waals surface area contributed by atoms with E-state index in [2.05, 4.69) is 5.32 Å². The van der Waals surface area contributed by atoms with Gasteiger partial charge in [0, 0.05) is 12.6 Å². The van der Waals surface area contributed by atoms with Gasteiger partial charge in [0.05, 0.1) is 6.10 Å². The molecule has 1 heterocycles. The van der Waals surface area contributed by atoms with Crippen LogP contribution in [0.5, 0.6) is 0 Å². The van der Waals surface area contributed by atoms with E-state index in [1.54, 1.807) is 0 Å². The molecule has 0 amide bonds. The summed E-state index contributed by atoms with van der Waals surface area (Å²) in [4.78, 5) is 0. The molecular formula is C8H16NO. The molecule has 2 unspecified atom stereocenters. The summed E-state index contributed by atoms with van der Waals surface area (Å²) in [5, 5.41) is 13.6. The fourth-order valence-corrected chi connectivity index (χ4v) is 1.37. The maximum absolute atomic E-state index is 9.26. The predicted octanol–water partition coefficient (Wildman–Crippen LogP) is 0.914. The van der Waals surface area contributed by atoms with Gasteiger partial charge >= 0.3 is 0 Å². The molecule has 2 heteroatoms. The topological polar surface area (TPSA) is 34.3 Å². The van der Waals surface area contributed by atoms with Gasteiger partial charge in [-0.3, -0.25) is 0 Å². The van der Waals surface area contributed by atoms with E-state index in [-0.39, 0.29) is 6.10 Å². The lowest BCUT2D eigenvalue weighted by molar-refractivity contribution is 0.148. The highest BCUT2D eigenvalue weighted by atomic mass is 16.3. The lowest BCUT2D eigenvalue weighted by Gasteiger charge is -2.12. The van der Waals surface area contributed by atoms with Crippen LogP contribution in [0.1, 0.15) is 32.6 Å². The third kappa shape index (κ3) is 2.27. The van der Waals surface area contributed by atoms with E-state index in [1.807, 2.05) is 6.92 Å². The van der Waals surface area contributed by atoms with E-state index in [9.17, 15) is 5.11 Å². The van der Waals surface area contributed by atoms with Gasteiger partial charge in [0.25, 0.3) is 0 Å². The van der Waals surface area contributed by atoms with Crippen LogP contribution in [0.3, 0.4) is 0 Å². The van der Waals surface area contributed by atoms with E-state index >= 15 is 0 Å². The normalized spacial score (nSPS) is 28.8. The van der Waals surface area contributed by atoms with Crippen LogP contribution < -0.4 is 5.32 Å². The highest BCUT2D eigenvalue weighted by molar-refractivity contribution is 4.75. The van der Waals surface area contributed by atoms with Gasteiger partial charge in [0.2, 0.25) is 0 Å². The van der Waals surface area contributed by atoms with E-state index in [1.165, 1.54) is 12.8 Å². The average Bonchev–Trinajstić information content (AvgIpc) is 2.40. The molecule has 59 valence electrons. The lowest BCUT2D eigenvalue weighted by Crippen LogP contribution is -2.21. The van der Waals surface area contributed by atoms with Crippen molar-refractivity contribution in [2.24, 2.45) is 0 Å². The molecule has 2 atom stereocenters. The maximum Gasteiger partial charge on any atom is 0.0553 e. The third-order valence-electron chi connectivity index (χ3n) is 2.10. The first kappa shape index (κ1) is 8.02. The lowest BCUT2D eigenvalue weighted by atomic mass is 10.1. The first-order valence-electron chi connectivity index (χ1n) is 4.17. The minimum Gasteiger partial charge on any atom is -0.393 e. The second kappa shape index (κ2) is 3.94. The Morgan fingerprint density at radius 3 is 3.00 bits per heavy atom. The van der Waals surface area contributed by atoms with Gasteiger partial charge in [-0.1, -0.05) is 6.92 Å². The van der Waals surface area contributed by atoms with Crippen molar-refractivity contribution in [1.29, 1.82) is 0 Å². The molecule has 0 bridgehead atoms. The average molecular weight is 142 g/mol. The van der Waals surface area contributed by atoms with Crippen molar-refractivity contribution in [2.45, 2.75) is 44.8 Å². The zero-order valence-electron chi connectivity index (χ0n) is 6.58. The SMILES string of the molecule is CCC(O)CC1CCC[N]1. The molecule has 1 aliphatic heterocycles. The highest BCUT2D eigenvalue weighted by Crippen LogP contribution is 2.13. The Bertz CT molecular complexity index is 89.3. The largest absolute Gasteiger partial charge is 0.393 e. The quantitative estimate of drug-likeness (QED) is 0.624. The first-order valence-corrected chi connectivity index (χ1v) is 4.17. The summed E-state index contributed by atoms with van der Waals surface area (Å²) < 4.78 is 0. The smallest absolute Gasteiger partial charge is 0.0553 e. The van der Waals surface area contributed by atoms with Crippen LogP contribution in [0.25, 0.3) is 0 Å². The molecule has 1 fully saturated rings. The van der Waals surface area contributed by atoms with E-state index in [4.69, 9.17) is 0 Å². The van der Waals surface area contributed by atoms with Crippen molar-refractivity contribution in [1.82, 2.24) is 5.32 Å². The molecule has 0 aliphatic carbocycles. The van der Waals surface area contributed by atoms with Gasteiger partial charge in [0.15, 0.2) is 0 Å². The summed E-state index contributed by atoms with van der Waals surface area (Å²) in [6, 6.07) is 0.468. The monoisotopic (exact) mass is 142 g/mol. The van der Waals surface area contributed by atoms with Crippen molar-refractivity contribution < 1.29 is 5.11 Å². The number of nitrogens with zero attached hydrogens (tertiary/aromatic N) is 1. The van der Waals surface area contributed by atoms with Crippen molar-refractivity contribution in [2.75, 3.05) is 6.54 Å². The number of aliphatic hydroxyl groups excluding tert-OH is 1. The van der Waals surface area contributed by atoms with Crippen LogP contribution in [0.2, 0.25) is 0 Å². The number of rotatable bonds is 3. The molecule has 0 saturated carbocycles. The standard InChI is InChI=1S/C8H16NO/c1-2-8(10)6-7-4-3-5-9-7/h7-8,10H,2-6H2,1H3. The molecule has 1 aliphatic rings. The van der Waals surface area contributed by atoms with Crippen LogP contribution >= 0.6 is 0 Å². The summed E-state index contributed by atoms with van der Waals surface area (Å²) in [6.07, 6.45) is 4.05. The molecule has 1 N–H and O–H groups in total. The molecule has 0 spiro atoms. The second-order valence-corrected chi connectivity index (χ2v) is 3.00. The molecular weight excluding hydrogens is 126 g/mol. The second-order valence-electron chi connectivity index (χ2n) is 3.00. The molecule has 1 saturated heterocycles. The van der Waals surface area contributed by atoms with Crippen LogP contribution in [0.4, 0.5) is 0 Å². The summed E-state index contributed by atoms with van der Waals surface area (Å²) in [5.41, 5.74) is 0. The summed E-state index contributed by atoms with van der Waals surface area (Å²) in [6.45, 7) is 3.03. The predicted molar refractivity (Wildman–Crippen MR) is 40.9 cm³/mol. The Morgan fingerprint density at radius 1 is 1.70 bits per heavy atom. The van der Waals surface area contributed by atoms with Gasteiger partial charge in [-0.05, 0) is 25.7 Å².